The standard InChI is InChI=1S/C15H30N2/c1-12(2)17(11-14-7-8-14)10-13(3)9-16-15(4,5)6/h12,14,16H,3,7-11H2,1-2,4-6H3. The average Bonchev–Trinajstić information content (AvgIpc) is 2.96. The van der Waals surface area contributed by atoms with Crippen LogP contribution >= 0.6 is 0 Å². The van der Waals surface area contributed by atoms with Gasteiger partial charge in [-0.05, 0) is 59.0 Å². The van der Waals surface area contributed by atoms with Crippen LogP contribution in [0.15, 0.2) is 12.2 Å². The third-order valence-electron chi connectivity index (χ3n) is 3.22. The van der Waals surface area contributed by atoms with E-state index in [0.717, 1.165) is 19.0 Å². The van der Waals surface area contributed by atoms with Gasteiger partial charge in [-0.2, -0.15) is 0 Å². The van der Waals surface area contributed by atoms with Crippen LogP contribution in [0.2, 0.25) is 0 Å². The molecule has 0 unspecified atom stereocenters. The summed E-state index contributed by atoms with van der Waals surface area (Å²) in [6, 6.07) is 0.627. The third kappa shape index (κ3) is 6.85. The second-order valence-corrected chi connectivity index (χ2v) is 6.82. The van der Waals surface area contributed by atoms with Crippen molar-refractivity contribution in [1.82, 2.24) is 10.2 Å². The first-order chi connectivity index (χ1) is 7.78. The molecule has 0 aromatic heterocycles. The fraction of sp³-hybridized carbons (Fsp3) is 0.867. The van der Waals surface area contributed by atoms with Gasteiger partial charge in [0.25, 0.3) is 0 Å². The van der Waals surface area contributed by atoms with Crippen LogP contribution in [0, 0.1) is 5.92 Å². The molecule has 0 atom stereocenters. The molecule has 0 aliphatic heterocycles. The van der Waals surface area contributed by atoms with Crippen molar-refractivity contribution in [3.63, 3.8) is 0 Å². The molecule has 0 heterocycles. The summed E-state index contributed by atoms with van der Waals surface area (Å²) in [6.07, 6.45) is 2.85. The van der Waals surface area contributed by atoms with E-state index >= 15 is 0 Å². The molecule has 0 spiro atoms. The molecule has 100 valence electrons. The van der Waals surface area contributed by atoms with E-state index in [0.29, 0.717) is 6.04 Å². The smallest absolute Gasteiger partial charge is 0.0205 e. The van der Waals surface area contributed by atoms with E-state index < -0.39 is 0 Å². The Bertz CT molecular complexity index is 246. The minimum Gasteiger partial charge on any atom is -0.308 e. The second kappa shape index (κ2) is 6.01. The van der Waals surface area contributed by atoms with E-state index in [1.165, 1.54) is 25.0 Å². The largest absolute Gasteiger partial charge is 0.308 e. The van der Waals surface area contributed by atoms with Crippen molar-refractivity contribution >= 4 is 0 Å². The first kappa shape index (κ1) is 14.7. The molecule has 1 aliphatic rings. The Morgan fingerprint density at radius 3 is 2.35 bits per heavy atom. The zero-order chi connectivity index (χ0) is 13.1. The first-order valence-electron chi connectivity index (χ1n) is 6.93. The van der Waals surface area contributed by atoms with Crippen LogP contribution < -0.4 is 5.32 Å². The van der Waals surface area contributed by atoms with Gasteiger partial charge in [-0.15, -0.1) is 0 Å². The minimum absolute atomic E-state index is 0.183. The number of nitrogens with one attached hydrogen (secondary N) is 1. The van der Waals surface area contributed by atoms with E-state index in [1.54, 1.807) is 0 Å². The molecule has 0 bridgehead atoms. The topological polar surface area (TPSA) is 15.3 Å². The van der Waals surface area contributed by atoms with Crippen molar-refractivity contribution in [2.75, 3.05) is 19.6 Å². The quantitative estimate of drug-likeness (QED) is 0.686. The van der Waals surface area contributed by atoms with Gasteiger partial charge in [0.05, 0.1) is 0 Å². The highest BCUT2D eigenvalue weighted by atomic mass is 15.2. The lowest BCUT2D eigenvalue weighted by Gasteiger charge is -2.29. The van der Waals surface area contributed by atoms with Gasteiger partial charge in [-0.25, -0.2) is 0 Å². The summed E-state index contributed by atoms with van der Waals surface area (Å²) in [4.78, 5) is 2.56. The number of hydrogen-bond donors (Lipinski definition) is 1. The summed E-state index contributed by atoms with van der Waals surface area (Å²) in [5.74, 6) is 0.959. The van der Waals surface area contributed by atoms with Crippen LogP contribution in [0.4, 0.5) is 0 Å². The molecular weight excluding hydrogens is 208 g/mol. The highest BCUT2D eigenvalue weighted by Gasteiger charge is 2.25. The number of nitrogens with zero attached hydrogens (tertiary/aromatic N) is 1. The van der Waals surface area contributed by atoms with E-state index in [-0.39, 0.29) is 5.54 Å². The normalized spacial score (nSPS) is 16.9. The van der Waals surface area contributed by atoms with E-state index in [2.05, 4.69) is 51.4 Å². The molecule has 17 heavy (non-hydrogen) atoms. The highest BCUT2D eigenvalue weighted by Crippen LogP contribution is 2.30. The lowest BCUT2D eigenvalue weighted by molar-refractivity contribution is 0.228. The Balaban J connectivity index is 2.30. The summed E-state index contributed by atoms with van der Waals surface area (Å²) in [6.45, 7) is 18.6. The van der Waals surface area contributed by atoms with Crippen LogP contribution in [0.1, 0.15) is 47.5 Å². The summed E-state index contributed by atoms with van der Waals surface area (Å²) < 4.78 is 0. The third-order valence-corrected chi connectivity index (χ3v) is 3.22. The molecule has 0 saturated heterocycles. The van der Waals surface area contributed by atoms with E-state index in [1.807, 2.05) is 0 Å². The maximum Gasteiger partial charge on any atom is 0.0205 e. The lowest BCUT2D eigenvalue weighted by atomic mass is 10.1. The fourth-order valence-corrected chi connectivity index (χ4v) is 1.82. The molecule has 1 aliphatic carbocycles. The van der Waals surface area contributed by atoms with Crippen LogP contribution in [0.25, 0.3) is 0 Å². The van der Waals surface area contributed by atoms with Gasteiger partial charge < -0.3 is 5.32 Å². The molecule has 2 nitrogen and oxygen atoms in total. The van der Waals surface area contributed by atoms with Crippen molar-refractivity contribution in [2.24, 2.45) is 5.92 Å². The monoisotopic (exact) mass is 238 g/mol. The summed E-state index contributed by atoms with van der Waals surface area (Å²) in [7, 11) is 0. The highest BCUT2D eigenvalue weighted by molar-refractivity contribution is 5.02. The van der Waals surface area contributed by atoms with Crippen LogP contribution in [0.3, 0.4) is 0 Å². The van der Waals surface area contributed by atoms with Gasteiger partial charge in [-0.3, -0.25) is 4.90 Å². The minimum atomic E-state index is 0.183. The SMILES string of the molecule is C=C(CNC(C)(C)C)CN(CC1CC1)C(C)C. The molecular formula is C15H30N2. The summed E-state index contributed by atoms with van der Waals surface area (Å²) in [5, 5.41) is 3.51. The summed E-state index contributed by atoms with van der Waals surface area (Å²) in [5.41, 5.74) is 1.48. The van der Waals surface area contributed by atoms with Gasteiger partial charge in [0.2, 0.25) is 0 Å². The maximum atomic E-state index is 4.20. The molecule has 0 aromatic carbocycles. The van der Waals surface area contributed by atoms with Crippen LogP contribution in [-0.4, -0.2) is 36.1 Å². The molecule has 1 N–H and O–H groups in total. The predicted octanol–water partition coefficient (Wildman–Crippen LogP) is 3.05. The van der Waals surface area contributed by atoms with E-state index in [9.17, 15) is 0 Å². The van der Waals surface area contributed by atoms with Crippen molar-refractivity contribution in [1.29, 1.82) is 0 Å². The Kier molecular flexibility index (Phi) is 5.21. The van der Waals surface area contributed by atoms with Crippen LogP contribution in [0.5, 0.6) is 0 Å². The van der Waals surface area contributed by atoms with Crippen molar-refractivity contribution in [2.45, 2.75) is 59.0 Å². The van der Waals surface area contributed by atoms with Gasteiger partial charge >= 0.3 is 0 Å². The Morgan fingerprint density at radius 2 is 1.94 bits per heavy atom. The number of rotatable bonds is 7. The molecule has 0 aromatic rings. The van der Waals surface area contributed by atoms with Crippen molar-refractivity contribution in [3.8, 4) is 0 Å². The molecule has 1 fully saturated rings. The Labute approximate surface area is 107 Å². The maximum absolute atomic E-state index is 4.20. The molecule has 2 heteroatoms. The Hall–Kier alpha value is -0.340. The Morgan fingerprint density at radius 1 is 1.35 bits per heavy atom. The van der Waals surface area contributed by atoms with Gasteiger partial charge in [-0.1, -0.05) is 6.58 Å². The molecule has 0 amide bonds. The van der Waals surface area contributed by atoms with Crippen molar-refractivity contribution < 1.29 is 0 Å². The molecule has 0 radical (unpaired) electrons. The zero-order valence-electron chi connectivity index (χ0n) is 12.3. The van der Waals surface area contributed by atoms with E-state index in [4.69, 9.17) is 0 Å². The van der Waals surface area contributed by atoms with Gasteiger partial charge in [0, 0.05) is 31.2 Å². The fourth-order valence-electron chi connectivity index (χ4n) is 1.82. The summed E-state index contributed by atoms with van der Waals surface area (Å²) >= 11 is 0. The lowest BCUT2D eigenvalue weighted by Crippen LogP contribution is -2.40. The van der Waals surface area contributed by atoms with Crippen molar-refractivity contribution in [3.05, 3.63) is 12.2 Å². The molecule has 1 rings (SSSR count). The zero-order valence-corrected chi connectivity index (χ0v) is 12.3. The van der Waals surface area contributed by atoms with Gasteiger partial charge in [0.15, 0.2) is 0 Å². The second-order valence-electron chi connectivity index (χ2n) is 6.82. The average molecular weight is 238 g/mol. The van der Waals surface area contributed by atoms with Crippen LogP contribution in [-0.2, 0) is 0 Å². The molecule has 1 saturated carbocycles. The van der Waals surface area contributed by atoms with Gasteiger partial charge in [0.1, 0.15) is 0 Å². The number of hydrogen-bond acceptors (Lipinski definition) is 2. The first-order valence-corrected chi connectivity index (χ1v) is 6.93. The predicted molar refractivity (Wildman–Crippen MR) is 76.3 cm³/mol.